The number of carbonyl (C=O) groups excluding carboxylic acids is 3. The number of hydrogen-bond acceptors (Lipinski definition) is 7. The Labute approximate surface area is 134 Å². The zero-order chi connectivity index (χ0) is 14.9. The van der Waals surface area contributed by atoms with Gasteiger partial charge in [-0.2, -0.15) is 0 Å². The maximum absolute atomic E-state index is 12.2. The van der Waals surface area contributed by atoms with Crippen LogP contribution in [0.3, 0.4) is 0 Å². The first-order valence-corrected chi connectivity index (χ1v) is 8.50. The molecule has 2 aliphatic rings. The lowest BCUT2D eigenvalue weighted by Gasteiger charge is -2.52. The maximum atomic E-state index is 12.2. The molecule has 2 aliphatic heterocycles. The van der Waals surface area contributed by atoms with Crippen LogP contribution in [0.25, 0.3) is 0 Å². The van der Waals surface area contributed by atoms with Crippen LogP contribution in [0.4, 0.5) is 0 Å². The van der Waals surface area contributed by atoms with Crippen LogP contribution >= 0.6 is 34.4 Å². The number of nitrogens with two attached hydrogens (primary N) is 1. The van der Waals surface area contributed by atoms with Gasteiger partial charge in [-0.25, -0.2) is 4.79 Å². The average molecular weight is 414 g/mol. The van der Waals surface area contributed by atoms with Gasteiger partial charge in [-0.3, -0.25) is 9.59 Å². The molecule has 2 N–H and O–H groups in total. The Morgan fingerprint density at radius 1 is 1.60 bits per heavy atom. The van der Waals surface area contributed by atoms with Crippen molar-refractivity contribution in [2.45, 2.75) is 11.4 Å². The minimum absolute atomic E-state index is 0.0491. The number of ether oxygens (including phenoxy) is 2. The number of hydrogen-bond donors (Lipinski definition) is 1. The zero-order valence-electron chi connectivity index (χ0n) is 10.8. The minimum atomic E-state index is -0.786. The van der Waals surface area contributed by atoms with E-state index in [2.05, 4.69) is 27.3 Å². The molecule has 2 fully saturated rings. The molecule has 0 spiro atoms. The number of esters is 2. The molecule has 3 atom stereocenters. The quantitative estimate of drug-likeness (QED) is 0.283. The number of fused-ring (bicyclic) bond motifs is 1. The Balaban J connectivity index is 2.01. The molecule has 0 aromatic heterocycles. The van der Waals surface area contributed by atoms with Crippen molar-refractivity contribution >= 4 is 52.2 Å². The van der Waals surface area contributed by atoms with Crippen molar-refractivity contribution in [3.63, 3.8) is 0 Å². The lowest BCUT2D eigenvalue weighted by Crippen LogP contribution is -2.72. The van der Waals surface area contributed by atoms with Gasteiger partial charge >= 0.3 is 11.9 Å². The Bertz CT molecular complexity index is 449. The molecule has 0 bridgehead atoms. The molecule has 0 aromatic rings. The monoisotopic (exact) mass is 414 g/mol. The van der Waals surface area contributed by atoms with Crippen molar-refractivity contribution in [1.29, 1.82) is 0 Å². The van der Waals surface area contributed by atoms with E-state index in [1.54, 1.807) is 4.90 Å². The molecule has 9 heteroatoms. The van der Waals surface area contributed by atoms with E-state index in [0.717, 1.165) is 0 Å². The summed E-state index contributed by atoms with van der Waals surface area (Å²) in [5.74, 6) is -0.697. The van der Waals surface area contributed by atoms with E-state index in [1.165, 1.54) is 18.9 Å². The highest BCUT2D eigenvalue weighted by molar-refractivity contribution is 14.1. The number of thioether (sulfide) groups is 1. The first-order valence-electron chi connectivity index (χ1n) is 5.93. The summed E-state index contributed by atoms with van der Waals surface area (Å²) in [6.07, 6.45) is 0. The molecule has 0 aromatic carbocycles. The standard InChI is InChI=1S/C11H15IN2O5S/c1-18-6(15)2-19-10(17)11(3-12)4-14-8(16)7(13)9(14)20-5-11/h7,9H,2-5,13H2,1H3/t7?,9-,11?/m1/s1. The Morgan fingerprint density at radius 2 is 2.30 bits per heavy atom. The fraction of sp³-hybridized carbons (Fsp3) is 0.727. The first-order chi connectivity index (χ1) is 9.45. The van der Waals surface area contributed by atoms with E-state index in [-0.39, 0.29) is 11.3 Å². The van der Waals surface area contributed by atoms with Gasteiger partial charge in [-0.1, -0.05) is 22.6 Å². The van der Waals surface area contributed by atoms with E-state index in [1.807, 2.05) is 0 Å². The van der Waals surface area contributed by atoms with Gasteiger partial charge in [0, 0.05) is 16.7 Å². The highest BCUT2D eigenvalue weighted by atomic mass is 127. The van der Waals surface area contributed by atoms with Crippen molar-refractivity contribution in [3.05, 3.63) is 0 Å². The summed E-state index contributed by atoms with van der Waals surface area (Å²) in [4.78, 5) is 36.5. The van der Waals surface area contributed by atoms with E-state index < -0.39 is 30.0 Å². The summed E-state index contributed by atoms with van der Waals surface area (Å²) in [7, 11) is 1.23. The molecule has 7 nitrogen and oxygen atoms in total. The van der Waals surface area contributed by atoms with Crippen LogP contribution in [0.1, 0.15) is 0 Å². The second kappa shape index (κ2) is 6.06. The van der Waals surface area contributed by atoms with Crippen LogP contribution in [0, 0.1) is 5.41 Å². The van der Waals surface area contributed by atoms with Gasteiger partial charge in [0.25, 0.3) is 0 Å². The highest BCUT2D eigenvalue weighted by Crippen LogP contribution is 2.42. The number of β-lactam (4-membered cyclic amide) rings is 1. The highest BCUT2D eigenvalue weighted by Gasteiger charge is 2.55. The number of nitrogens with zero attached hydrogens (tertiary/aromatic N) is 1. The van der Waals surface area contributed by atoms with E-state index in [4.69, 9.17) is 10.5 Å². The summed E-state index contributed by atoms with van der Waals surface area (Å²) in [6, 6.07) is -0.474. The van der Waals surface area contributed by atoms with E-state index >= 15 is 0 Å². The topological polar surface area (TPSA) is 98.9 Å². The molecule has 2 saturated heterocycles. The average Bonchev–Trinajstić information content (AvgIpc) is 2.50. The molecule has 0 saturated carbocycles. The van der Waals surface area contributed by atoms with Crippen molar-refractivity contribution in [2.75, 3.05) is 30.4 Å². The molecule has 2 heterocycles. The van der Waals surface area contributed by atoms with Crippen LogP contribution in [-0.2, 0) is 23.9 Å². The smallest absolute Gasteiger partial charge is 0.344 e. The van der Waals surface area contributed by atoms with Crippen molar-refractivity contribution in [3.8, 4) is 0 Å². The summed E-state index contributed by atoms with van der Waals surface area (Å²) < 4.78 is 9.93. The molecule has 0 aliphatic carbocycles. The molecule has 112 valence electrons. The van der Waals surface area contributed by atoms with E-state index in [0.29, 0.717) is 16.7 Å². The number of methoxy groups -OCH3 is 1. The molecular formula is C11H15IN2O5S. The van der Waals surface area contributed by atoms with Crippen molar-refractivity contribution in [1.82, 2.24) is 4.90 Å². The van der Waals surface area contributed by atoms with Gasteiger partial charge in [0.05, 0.1) is 7.11 Å². The van der Waals surface area contributed by atoms with Crippen LogP contribution in [0.2, 0.25) is 0 Å². The second-order valence-electron chi connectivity index (χ2n) is 4.76. The van der Waals surface area contributed by atoms with Gasteiger partial charge in [0.2, 0.25) is 5.91 Å². The molecule has 1 amide bonds. The fourth-order valence-electron chi connectivity index (χ4n) is 2.12. The first kappa shape index (κ1) is 15.8. The second-order valence-corrected chi connectivity index (χ2v) is 6.63. The Kier molecular flexibility index (Phi) is 4.80. The summed E-state index contributed by atoms with van der Waals surface area (Å²) >= 11 is 3.58. The van der Waals surface area contributed by atoms with Gasteiger partial charge in [-0.05, 0) is 0 Å². The normalized spacial score (nSPS) is 32.1. The Hall–Kier alpha value is -0.550. The number of carbonyl (C=O) groups is 3. The summed E-state index contributed by atoms with van der Waals surface area (Å²) in [5.41, 5.74) is 4.92. The third-order valence-corrected chi connectivity index (χ3v) is 6.49. The maximum Gasteiger partial charge on any atom is 0.344 e. The van der Waals surface area contributed by atoms with Gasteiger partial charge in [-0.15, -0.1) is 11.8 Å². The van der Waals surface area contributed by atoms with Gasteiger partial charge in [0.1, 0.15) is 16.8 Å². The largest absolute Gasteiger partial charge is 0.466 e. The third kappa shape index (κ3) is 2.62. The van der Waals surface area contributed by atoms with Crippen molar-refractivity contribution < 1.29 is 23.9 Å². The van der Waals surface area contributed by atoms with Crippen molar-refractivity contribution in [2.24, 2.45) is 11.1 Å². The lowest BCUT2D eigenvalue weighted by atomic mass is 9.89. The molecule has 2 unspecified atom stereocenters. The van der Waals surface area contributed by atoms with Crippen LogP contribution in [0.15, 0.2) is 0 Å². The zero-order valence-corrected chi connectivity index (χ0v) is 13.8. The minimum Gasteiger partial charge on any atom is -0.466 e. The van der Waals surface area contributed by atoms with Gasteiger partial charge in [0.15, 0.2) is 6.61 Å². The number of amides is 1. The number of alkyl halides is 1. The summed E-state index contributed by atoms with van der Waals surface area (Å²) in [6.45, 7) is -0.116. The van der Waals surface area contributed by atoms with Crippen LogP contribution in [-0.4, -0.2) is 64.6 Å². The molecule has 0 radical (unpaired) electrons. The van der Waals surface area contributed by atoms with Crippen LogP contribution < -0.4 is 5.73 Å². The molecular weight excluding hydrogens is 399 g/mol. The predicted octanol–water partition coefficient (Wildman–Crippen LogP) is -0.634. The van der Waals surface area contributed by atoms with E-state index in [9.17, 15) is 14.4 Å². The number of halogens is 1. The molecule has 2 rings (SSSR count). The van der Waals surface area contributed by atoms with Crippen LogP contribution in [0.5, 0.6) is 0 Å². The Morgan fingerprint density at radius 3 is 2.90 bits per heavy atom. The third-order valence-electron chi connectivity index (χ3n) is 3.42. The lowest BCUT2D eigenvalue weighted by molar-refractivity contribution is -0.166. The summed E-state index contributed by atoms with van der Waals surface area (Å²) in [5, 5.41) is -0.0491. The SMILES string of the molecule is COC(=O)COC(=O)C1(CI)CS[C@@H]2C(N)C(=O)N2C1. The molecule has 20 heavy (non-hydrogen) atoms. The predicted molar refractivity (Wildman–Crippen MR) is 80.2 cm³/mol. The fourth-order valence-corrected chi connectivity index (χ4v) is 4.80. The number of rotatable bonds is 4. The van der Waals surface area contributed by atoms with Gasteiger partial charge < -0.3 is 20.1 Å².